The van der Waals surface area contributed by atoms with Crippen LogP contribution >= 0.6 is 11.6 Å². The number of hydrogen-bond donors (Lipinski definition) is 1. The molecule has 0 bridgehead atoms. The molecule has 9 heteroatoms. The predicted molar refractivity (Wildman–Crippen MR) is 118 cm³/mol. The quantitative estimate of drug-likeness (QED) is 0.354. The lowest BCUT2D eigenvalue weighted by Crippen LogP contribution is -2.28. The molecule has 8 nitrogen and oxygen atoms in total. The molecule has 160 valence electrons. The number of benzene rings is 2. The number of anilines is 1. The number of nitrogens with zero attached hydrogens (tertiary/aromatic N) is 3. The summed E-state index contributed by atoms with van der Waals surface area (Å²) >= 11 is 5.92. The van der Waals surface area contributed by atoms with E-state index in [4.69, 9.17) is 11.6 Å². The van der Waals surface area contributed by atoms with E-state index in [2.05, 4.69) is 5.10 Å². The van der Waals surface area contributed by atoms with Crippen LogP contribution in [0, 0.1) is 16.0 Å². The van der Waals surface area contributed by atoms with Gasteiger partial charge in [-0.1, -0.05) is 24.9 Å². The molecule has 0 aliphatic carbocycles. The smallest absolute Gasteiger partial charge is 0.331 e. The fourth-order valence-electron chi connectivity index (χ4n) is 3.31. The molecule has 31 heavy (non-hydrogen) atoms. The molecule has 0 radical (unpaired) electrons. The Hall–Kier alpha value is -3.52. The number of nitro groups is 1. The zero-order valence-corrected chi connectivity index (χ0v) is 17.5. The van der Waals surface area contributed by atoms with Gasteiger partial charge >= 0.3 is 5.97 Å². The van der Waals surface area contributed by atoms with E-state index in [1.165, 1.54) is 35.4 Å². The van der Waals surface area contributed by atoms with Gasteiger partial charge in [0, 0.05) is 22.7 Å². The van der Waals surface area contributed by atoms with Gasteiger partial charge < -0.3 is 5.11 Å². The first-order chi connectivity index (χ1) is 14.8. The molecule has 1 heterocycles. The van der Waals surface area contributed by atoms with Gasteiger partial charge in [-0.15, -0.1) is 0 Å². The van der Waals surface area contributed by atoms with E-state index in [1.54, 1.807) is 24.3 Å². The third-order valence-corrected chi connectivity index (χ3v) is 5.11. The molecule has 0 aromatic heterocycles. The van der Waals surface area contributed by atoms with Gasteiger partial charge in [0.05, 0.1) is 22.2 Å². The van der Waals surface area contributed by atoms with Crippen LogP contribution in [0.3, 0.4) is 0 Å². The Labute approximate surface area is 183 Å². The highest BCUT2D eigenvalue weighted by Crippen LogP contribution is 2.31. The van der Waals surface area contributed by atoms with Crippen molar-refractivity contribution < 1.29 is 19.6 Å². The number of amides is 1. The van der Waals surface area contributed by atoms with Gasteiger partial charge in [-0.25, -0.2) is 9.80 Å². The van der Waals surface area contributed by atoms with E-state index >= 15 is 0 Å². The average Bonchev–Trinajstić information content (AvgIpc) is 3.04. The molecule has 2 aromatic carbocycles. The number of aliphatic carboxylic acids is 1. The average molecular weight is 442 g/mol. The molecule has 0 saturated heterocycles. The predicted octanol–water partition coefficient (Wildman–Crippen LogP) is 4.93. The van der Waals surface area contributed by atoms with Crippen LogP contribution in [-0.2, 0) is 9.59 Å². The molecule has 0 fully saturated rings. The van der Waals surface area contributed by atoms with Crippen molar-refractivity contribution in [1.82, 2.24) is 0 Å². The van der Waals surface area contributed by atoms with Crippen molar-refractivity contribution in [3.63, 3.8) is 0 Å². The molecule has 0 saturated carbocycles. The second-order valence-corrected chi connectivity index (χ2v) is 7.48. The van der Waals surface area contributed by atoms with Crippen LogP contribution in [0.25, 0.3) is 6.08 Å². The van der Waals surface area contributed by atoms with E-state index in [0.29, 0.717) is 28.4 Å². The molecule has 3 rings (SSSR count). The summed E-state index contributed by atoms with van der Waals surface area (Å²) in [4.78, 5) is 35.2. The highest BCUT2D eigenvalue weighted by molar-refractivity contribution is 6.30. The zero-order valence-electron chi connectivity index (χ0n) is 16.7. The molecule has 1 unspecified atom stereocenters. The summed E-state index contributed by atoms with van der Waals surface area (Å²) in [5.41, 5.74) is 1.61. The van der Waals surface area contributed by atoms with Crippen molar-refractivity contribution in [2.24, 2.45) is 11.0 Å². The van der Waals surface area contributed by atoms with E-state index < -0.39 is 16.8 Å². The van der Waals surface area contributed by atoms with Crippen molar-refractivity contribution >= 4 is 46.6 Å². The Balaban J connectivity index is 1.88. The first-order valence-electron chi connectivity index (χ1n) is 9.65. The van der Waals surface area contributed by atoms with Gasteiger partial charge in [0.25, 0.3) is 11.6 Å². The van der Waals surface area contributed by atoms with Crippen molar-refractivity contribution in [1.29, 1.82) is 0 Å². The minimum Gasteiger partial charge on any atom is -0.478 e. The maximum atomic E-state index is 13.1. The molecule has 2 aromatic rings. The number of hydrazone groups is 1. The Kier molecular flexibility index (Phi) is 6.81. The summed E-state index contributed by atoms with van der Waals surface area (Å²) in [5, 5.41) is 26.8. The highest BCUT2D eigenvalue weighted by Gasteiger charge is 2.37. The summed E-state index contributed by atoms with van der Waals surface area (Å²) in [5.74, 6) is -2.16. The SMILES string of the molecule is CCCC1=NN(c2ccc(Cl)cc2)C(=O)C1C/C(=C/c1ccc([N+](=O)[O-])cc1)C(=O)O. The van der Waals surface area contributed by atoms with Gasteiger partial charge in [0.1, 0.15) is 0 Å². The van der Waals surface area contributed by atoms with Crippen molar-refractivity contribution in [3.8, 4) is 0 Å². The summed E-state index contributed by atoms with van der Waals surface area (Å²) in [7, 11) is 0. The number of carbonyl (C=O) groups excluding carboxylic acids is 1. The summed E-state index contributed by atoms with van der Waals surface area (Å²) in [6, 6.07) is 12.2. The molecule has 1 amide bonds. The molecule has 1 aliphatic rings. The Morgan fingerprint density at radius 3 is 2.42 bits per heavy atom. The van der Waals surface area contributed by atoms with Gasteiger partial charge in [-0.3, -0.25) is 14.9 Å². The lowest BCUT2D eigenvalue weighted by atomic mass is 9.91. The van der Waals surface area contributed by atoms with Gasteiger partial charge in [0.15, 0.2) is 0 Å². The third kappa shape index (κ3) is 5.16. The number of carbonyl (C=O) groups is 2. The lowest BCUT2D eigenvalue weighted by Gasteiger charge is -2.15. The van der Waals surface area contributed by atoms with Gasteiger partial charge in [0.2, 0.25) is 0 Å². The normalized spacial score (nSPS) is 16.4. The zero-order chi connectivity index (χ0) is 22.5. The molecule has 1 N–H and O–H groups in total. The second-order valence-electron chi connectivity index (χ2n) is 7.05. The number of carboxylic acids is 1. The van der Waals surface area contributed by atoms with Crippen LogP contribution in [0.2, 0.25) is 5.02 Å². The first-order valence-corrected chi connectivity index (χ1v) is 10.0. The molecule has 0 spiro atoms. The minimum atomic E-state index is -1.16. The summed E-state index contributed by atoms with van der Waals surface area (Å²) in [6.07, 6.45) is 2.71. The van der Waals surface area contributed by atoms with Crippen LogP contribution in [0.5, 0.6) is 0 Å². The van der Waals surface area contributed by atoms with E-state index in [-0.39, 0.29) is 23.6 Å². The number of rotatable bonds is 8. The summed E-state index contributed by atoms with van der Waals surface area (Å²) < 4.78 is 0. The van der Waals surface area contributed by atoms with Crippen molar-refractivity contribution in [3.05, 3.63) is 74.8 Å². The molecular formula is C22H20ClN3O5. The van der Waals surface area contributed by atoms with Crippen molar-refractivity contribution in [2.45, 2.75) is 26.2 Å². The number of halogens is 1. The van der Waals surface area contributed by atoms with Crippen LogP contribution in [0.4, 0.5) is 11.4 Å². The second kappa shape index (κ2) is 9.53. The third-order valence-electron chi connectivity index (χ3n) is 4.86. The van der Waals surface area contributed by atoms with Gasteiger partial charge in [-0.2, -0.15) is 5.10 Å². The van der Waals surface area contributed by atoms with Crippen molar-refractivity contribution in [2.75, 3.05) is 5.01 Å². The van der Waals surface area contributed by atoms with E-state index in [1.807, 2.05) is 6.92 Å². The van der Waals surface area contributed by atoms with Crippen LogP contribution in [0.15, 0.2) is 59.2 Å². The standard InChI is InChI=1S/C22H20ClN3O5/c1-2-3-20-19(21(27)25(24-20)17-10-6-16(23)7-11-17)13-15(22(28)29)12-14-4-8-18(9-5-14)26(30)31/h4-12,19H,2-3,13H2,1H3,(H,28,29)/b15-12-. The molecule has 1 atom stereocenters. The highest BCUT2D eigenvalue weighted by atomic mass is 35.5. The van der Waals surface area contributed by atoms with Crippen LogP contribution in [0.1, 0.15) is 31.7 Å². The maximum absolute atomic E-state index is 13.1. The van der Waals surface area contributed by atoms with E-state index in [0.717, 1.165) is 6.42 Å². The lowest BCUT2D eigenvalue weighted by molar-refractivity contribution is -0.384. The van der Waals surface area contributed by atoms with Crippen LogP contribution in [-0.4, -0.2) is 27.6 Å². The Morgan fingerprint density at radius 2 is 1.87 bits per heavy atom. The monoisotopic (exact) mass is 441 g/mol. The van der Waals surface area contributed by atoms with Gasteiger partial charge in [-0.05, 0) is 60.9 Å². The largest absolute Gasteiger partial charge is 0.478 e. The number of carboxylic acid groups (broad SMARTS) is 1. The fraction of sp³-hybridized carbons (Fsp3) is 0.227. The Morgan fingerprint density at radius 1 is 1.23 bits per heavy atom. The number of hydrogen-bond acceptors (Lipinski definition) is 5. The number of non-ortho nitro benzene ring substituents is 1. The number of nitro benzene ring substituents is 1. The Bertz CT molecular complexity index is 1060. The molecule has 1 aliphatic heterocycles. The maximum Gasteiger partial charge on any atom is 0.331 e. The van der Waals surface area contributed by atoms with Crippen LogP contribution < -0.4 is 5.01 Å². The molecular weight excluding hydrogens is 422 g/mol. The van der Waals surface area contributed by atoms with E-state index in [9.17, 15) is 24.8 Å². The fourth-order valence-corrected chi connectivity index (χ4v) is 3.44. The minimum absolute atomic E-state index is 0.0222. The topological polar surface area (TPSA) is 113 Å². The summed E-state index contributed by atoms with van der Waals surface area (Å²) in [6.45, 7) is 1.96. The first kappa shape index (κ1) is 22.2.